The number of phenolic OH excluding ortho intramolecular Hbond substituents is 1. The first kappa shape index (κ1) is 17.0. The second-order valence-corrected chi connectivity index (χ2v) is 6.61. The van der Waals surface area contributed by atoms with Crippen LogP contribution in [0.3, 0.4) is 0 Å². The van der Waals surface area contributed by atoms with Crippen molar-refractivity contribution in [3.05, 3.63) is 48.0 Å². The third-order valence-electron chi connectivity index (χ3n) is 4.85. The van der Waals surface area contributed by atoms with Crippen LogP contribution in [0.2, 0.25) is 0 Å². The molecule has 6 nitrogen and oxygen atoms in total. The molecule has 138 valence electrons. The Hall–Kier alpha value is -2.44. The van der Waals surface area contributed by atoms with E-state index in [-0.39, 0.29) is 12.5 Å². The number of hydrogen-bond donors (Lipinski definition) is 1. The minimum atomic E-state index is 0.224. The fraction of sp³-hybridized carbons (Fsp3) is 0.400. The van der Waals surface area contributed by atoms with Gasteiger partial charge in [-0.25, -0.2) is 0 Å². The van der Waals surface area contributed by atoms with Crippen LogP contribution in [-0.2, 0) is 6.54 Å². The van der Waals surface area contributed by atoms with Crippen molar-refractivity contribution in [2.24, 2.45) is 0 Å². The highest BCUT2D eigenvalue weighted by atomic mass is 16.7. The Kier molecular flexibility index (Phi) is 5.13. The molecule has 6 heteroatoms. The van der Waals surface area contributed by atoms with Crippen molar-refractivity contribution in [3.63, 3.8) is 0 Å². The maximum absolute atomic E-state index is 10.2. The van der Waals surface area contributed by atoms with Gasteiger partial charge in [-0.05, 0) is 18.2 Å². The van der Waals surface area contributed by atoms with E-state index < -0.39 is 0 Å². The summed E-state index contributed by atoms with van der Waals surface area (Å²) < 4.78 is 16.5. The highest BCUT2D eigenvalue weighted by Crippen LogP contribution is 2.38. The van der Waals surface area contributed by atoms with Crippen molar-refractivity contribution < 1.29 is 19.3 Å². The van der Waals surface area contributed by atoms with E-state index in [1.807, 2.05) is 36.4 Å². The lowest BCUT2D eigenvalue weighted by molar-refractivity contribution is 0.112. The monoisotopic (exact) mass is 356 g/mol. The van der Waals surface area contributed by atoms with E-state index in [0.29, 0.717) is 12.4 Å². The van der Waals surface area contributed by atoms with Crippen LogP contribution in [0, 0.1) is 0 Å². The van der Waals surface area contributed by atoms with E-state index >= 15 is 0 Å². The summed E-state index contributed by atoms with van der Waals surface area (Å²) in [5.41, 5.74) is 0.884. The molecule has 1 N–H and O–H groups in total. The average molecular weight is 356 g/mol. The minimum Gasteiger partial charge on any atom is -0.507 e. The van der Waals surface area contributed by atoms with Gasteiger partial charge in [0.2, 0.25) is 6.79 Å². The molecular formula is C20H24N2O4. The van der Waals surface area contributed by atoms with Crippen LogP contribution in [0.1, 0.15) is 5.56 Å². The Bertz CT molecular complexity index is 730. The highest BCUT2D eigenvalue weighted by molar-refractivity contribution is 5.51. The number of benzene rings is 2. The molecule has 26 heavy (non-hydrogen) atoms. The minimum absolute atomic E-state index is 0.224. The Labute approximate surface area is 153 Å². The molecule has 1 saturated heterocycles. The Morgan fingerprint density at radius 2 is 1.62 bits per heavy atom. The first-order chi connectivity index (χ1) is 12.8. The predicted octanol–water partition coefficient (Wildman–Crippen LogP) is 2.32. The lowest BCUT2D eigenvalue weighted by Crippen LogP contribution is -2.47. The standard InChI is InChI=1S/C20H24N2O4/c23-18-13-20-19(25-15-26-20)12-16(18)14-22-8-6-21(7-9-22)10-11-24-17-4-2-1-3-5-17/h1-5,12-13,23H,6-11,14-15H2. The third-order valence-corrected chi connectivity index (χ3v) is 4.85. The summed E-state index contributed by atoms with van der Waals surface area (Å²) in [5, 5.41) is 10.2. The molecular weight excluding hydrogens is 332 g/mol. The molecule has 0 aliphatic carbocycles. The zero-order chi connectivity index (χ0) is 17.8. The second kappa shape index (κ2) is 7.85. The molecule has 0 bridgehead atoms. The van der Waals surface area contributed by atoms with Crippen molar-refractivity contribution in [1.29, 1.82) is 0 Å². The van der Waals surface area contributed by atoms with Gasteiger partial charge in [0.1, 0.15) is 18.1 Å². The van der Waals surface area contributed by atoms with E-state index in [9.17, 15) is 5.11 Å². The molecule has 2 aliphatic rings. The molecule has 2 aliphatic heterocycles. The summed E-state index contributed by atoms with van der Waals surface area (Å²) >= 11 is 0. The van der Waals surface area contributed by atoms with Gasteiger partial charge in [0, 0.05) is 50.9 Å². The molecule has 0 unspecified atom stereocenters. The zero-order valence-corrected chi connectivity index (χ0v) is 14.8. The number of para-hydroxylation sites is 1. The van der Waals surface area contributed by atoms with Gasteiger partial charge in [-0.15, -0.1) is 0 Å². The van der Waals surface area contributed by atoms with Crippen LogP contribution in [0.25, 0.3) is 0 Å². The van der Waals surface area contributed by atoms with Gasteiger partial charge in [0.25, 0.3) is 0 Å². The SMILES string of the molecule is Oc1cc2c(cc1CN1CCN(CCOc3ccccc3)CC1)OCO2. The number of rotatable bonds is 6. The Balaban J connectivity index is 1.23. The van der Waals surface area contributed by atoms with E-state index in [0.717, 1.165) is 56.3 Å². The maximum atomic E-state index is 10.2. The maximum Gasteiger partial charge on any atom is 0.231 e. The average Bonchev–Trinajstić information content (AvgIpc) is 3.11. The first-order valence-electron chi connectivity index (χ1n) is 9.02. The van der Waals surface area contributed by atoms with Crippen LogP contribution < -0.4 is 14.2 Å². The number of hydrogen-bond acceptors (Lipinski definition) is 6. The number of aromatic hydroxyl groups is 1. The molecule has 0 aromatic heterocycles. The van der Waals surface area contributed by atoms with Gasteiger partial charge >= 0.3 is 0 Å². The van der Waals surface area contributed by atoms with Gasteiger partial charge in [-0.1, -0.05) is 18.2 Å². The van der Waals surface area contributed by atoms with Crippen LogP contribution in [-0.4, -0.2) is 61.0 Å². The summed E-state index contributed by atoms with van der Waals surface area (Å²) in [6.45, 7) is 6.52. The summed E-state index contributed by atoms with van der Waals surface area (Å²) in [7, 11) is 0. The number of fused-ring (bicyclic) bond motifs is 1. The summed E-state index contributed by atoms with van der Waals surface area (Å²) in [6, 6.07) is 13.5. The molecule has 4 rings (SSSR count). The van der Waals surface area contributed by atoms with E-state index in [1.54, 1.807) is 6.07 Å². The largest absolute Gasteiger partial charge is 0.507 e. The van der Waals surface area contributed by atoms with Gasteiger partial charge in [0.05, 0.1) is 0 Å². The predicted molar refractivity (Wildman–Crippen MR) is 97.9 cm³/mol. The highest BCUT2D eigenvalue weighted by Gasteiger charge is 2.21. The molecule has 2 heterocycles. The van der Waals surface area contributed by atoms with Crippen LogP contribution in [0.5, 0.6) is 23.0 Å². The van der Waals surface area contributed by atoms with Crippen molar-refractivity contribution in [3.8, 4) is 23.0 Å². The van der Waals surface area contributed by atoms with Crippen molar-refractivity contribution >= 4 is 0 Å². The number of ether oxygens (including phenoxy) is 3. The molecule has 0 atom stereocenters. The Morgan fingerprint density at radius 3 is 2.38 bits per heavy atom. The first-order valence-corrected chi connectivity index (χ1v) is 9.02. The normalized spacial score (nSPS) is 17.4. The molecule has 0 radical (unpaired) electrons. The van der Waals surface area contributed by atoms with Gasteiger partial charge in [-0.3, -0.25) is 9.80 Å². The topological polar surface area (TPSA) is 54.4 Å². The lowest BCUT2D eigenvalue weighted by atomic mass is 10.1. The molecule has 1 fully saturated rings. The smallest absolute Gasteiger partial charge is 0.231 e. The molecule has 0 amide bonds. The fourth-order valence-corrected chi connectivity index (χ4v) is 3.32. The second-order valence-electron chi connectivity index (χ2n) is 6.61. The third kappa shape index (κ3) is 4.03. The van der Waals surface area contributed by atoms with Gasteiger partial charge < -0.3 is 19.3 Å². The molecule has 2 aromatic rings. The van der Waals surface area contributed by atoms with Crippen molar-refractivity contribution in [2.75, 3.05) is 46.1 Å². The fourth-order valence-electron chi connectivity index (χ4n) is 3.32. The number of piperazine rings is 1. The lowest BCUT2D eigenvalue weighted by Gasteiger charge is -2.34. The van der Waals surface area contributed by atoms with Crippen LogP contribution in [0.4, 0.5) is 0 Å². The van der Waals surface area contributed by atoms with Crippen LogP contribution >= 0.6 is 0 Å². The van der Waals surface area contributed by atoms with Gasteiger partial charge in [-0.2, -0.15) is 0 Å². The molecule has 2 aromatic carbocycles. The van der Waals surface area contributed by atoms with E-state index in [1.165, 1.54) is 0 Å². The van der Waals surface area contributed by atoms with Crippen LogP contribution in [0.15, 0.2) is 42.5 Å². The number of phenols is 1. The zero-order valence-electron chi connectivity index (χ0n) is 14.8. The van der Waals surface area contributed by atoms with E-state index in [4.69, 9.17) is 14.2 Å². The Morgan fingerprint density at radius 1 is 0.923 bits per heavy atom. The van der Waals surface area contributed by atoms with Crippen molar-refractivity contribution in [1.82, 2.24) is 9.80 Å². The van der Waals surface area contributed by atoms with Gasteiger partial charge in [0.15, 0.2) is 11.5 Å². The summed E-state index contributed by atoms with van der Waals surface area (Å²) in [5.74, 6) is 2.53. The van der Waals surface area contributed by atoms with E-state index in [2.05, 4.69) is 9.80 Å². The molecule has 0 spiro atoms. The van der Waals surface area contributed by atoms with Crippen molar-refractivity contribution in [2.45, 2.75) is 6.54 Å². The quantitative estimate of drug-likeness (QED) is 0.857. The molecule has 0 saturated carbocycles. The summed E-state index contributed by atoms with van der Waals surface area (Å²) in [4.78, 5) is 4.77. The summed E-state index contributed by atoms with van der Waals surface area (Å²) in [6.07, 6.45) is 0. The number of nitrogens with zero attached hydrogens (tertiary/aromatic N) is 2.